The smallest absolute Gasteiger partial charge is 0.324 e. The second kappa shape index (κ2) is 3.61. The lowest BCUT2D eigenvalue weighted by Crippen LogP contribution is -2.60. The highest BCUT2D eigenvalue weighted by Gasteiger charge is 2.36. The first-order valence-corrected chi connectivity index (χ1v) is 4.27. The summed E-state index contributed by atoms with van der Waals surface area (Å²) in [6, 6.07) is -0.585. The third-order valence-electron chi connectivity index (χ3n) is 2.13. The van der Waals surface area contributed by atoms with Gasteiger partial charge in [0.25, 0.3) is 0 Å². The Morgan fingerprint density at radius 2 is 2.31 bits per heavy atom. The van der Waals surface area contributed by atoms with E-state index in [4.69, 9.17) is 9.84 Å². The molecule has 0 saturated carbocycles. The Balaban J connectivity index is 2.66. The average Bonchev–Trinajstić information content (AvgIpc) is 2.01. The molecule has 0 aromatic heterocycles. The lowest BCUT2D eigenvalue weighted by atomic mass is 10.1. The van der Waals surface area contributed by atoms with Crippen molar-refractivity contribution in [3.05, 3.63) is 0 Å². The summed E-state index contributed by atoms with van der Waals surface area (Å²) in [5, 5.41) is 10.5. The number of hydrogen-bond donors (Lipinski definition) is 2. The largest absolute Gasteiger partial charge is 0.480 e. The first-order chi connectivity index (χ1) is 5.96. The van der Waals surface area contributed by atoms with E-state index in [1.54, 1.807) is 12.1 Å². The molecule has 5 heteroatoms. The quantitative estimate of drug-likeness (QED) is 0.622. The van der Waals surface area contributed by atoms with Crippen LogP contribution in [0.5, 0.6) is 0 Å². The summed E-state index contributed by atoms with van der Waals surface area (Å²) in [7, 11) is 1.72. The summed E-state index contributed by atoms with van der Waals surface area (Å²) < 4.78 is 5.41. The molecule has 0 aromatic rings. The van der Waals surface area contributed by atoms with Gasteiger partial charge in [-0.25, -0.2) is 5.01 Å². The summed E-state index contributed by atoms with van der Waals surface area (Å²) in [6.07, 6.45) is 0. The first kappa shape index (κ1) is 10.4. The Hall–Kier alpha value is -0.650. The van der Waals surface area contributed by atoms with Crippen LogP contribution in [0.3, 0.4) is 0 Å². The molecule has 13 heavy (non-hydrogen) atoms. The van der Waals surface area contributed by atoms with Crippen LogP contribution in [0.4, 0.5) is 0 Å². The van der Waals surface area contributed by atoms with Crippen molar-refractivity contribution in [3.63, 3.8) is 0 Å². The van der Waals surface area contributed by atoms with Crippen LogP contribution in [0, 0.1) is 0 Å². The highest BCUT2D eigenvalue weighted by atomic mass is 16.5. The summed E-state index contributed by atoms with van der Waals surface area (Å²) in [4.78, 5) is 10.8. The van der Waals surface area contributed by atoms with Gasteiger partial charge in [-0.2, -0.15) is 0 Å². The van der Waals surface area contributed by atoms with Crippen LogP contribution in [0.2, 0.25) is 0 Å². The van der Waals surface area contributed by atoms with Gasteiger partial charge in [-0.15, -0.1) is 0 Å². The van der Waals surface area contributed by atoms with Gasteiger partial charge in [0.15, 0.2) is 0 Å². The number of hydrazine groups is 1. The molecule has 1 fully saturated rings. The molecule has 0 amide bonds. The fraction of sp³-hybridized carbons (Fsp3) is 0.875. The molecule has 1 aliphatic heterocycles. The Morgan fingerprint density at radius 1 is 1.69 bits per heavy atom. The second-order valence-corrected chi connectivity index (χ2v) is 3.78. The third-order valence-corrected chi connectivity index (χ3v) is 2.13. The van der Waals surface area contributed by atoms with Gasteiger partial charge in [-0.1, -0.05) is 0 Å². The molecular formula is C8H16N2O3. The topological polar surface area (TPSA) is 61.8 Å². The van der Waals surface area contributed by atoms with Crippen molar-refractivity contribution in [2.45, 2.75) is 25.5 Å². The lowest BCUT2D eigenvalue weighted by Gasteiger charge is -2.41. The molecule has 76 valence electrons. The minimum atomic E-state index is -0.857. The number of carboxylic acid groups (broad SMARTS) is 1. The average molecular weight is 188 g/mol. The highest BCUT2D eigenvalue weighted by molar-refractivity contribution is 5.73. The Labute approximate surface area is 77.6 Å². The van der Waals surface area contributed by atoms with Crippen LogP contribution in [0.25, 0.3) is 0 Å². The maximum Gasteiger partial charge on any atom is 0.324 e. The van der Waals surface area contributed by atoms with Crippen molar-refractivity contribution in [3.8, 4) is 0 Å². The Bertz CT molecular complexity index is 206. The standard InChI is InChI=1S/C8H16N2O3/c1-8(2)5-10(9-3)6(4-13-8)7(11)12/h6,9H,4-5H2,1-3H3,(H,11,12). The van der Waals surface area contributed by atoms with E-state index in [1.165, 1.54) is 0 Å². The zero-order valence-electron chi connectivity index (χ0n) is 8.20. The van der Waals surface area contributed by atoms with Gasteiger partial charge in [0, 0.05) is 6.54 Å². The molecule has 1 aliphatic rings. The molecule has 1 atom stereocenters. The van der Waals surface area contributed by atoms with E-state index in [9.17, 15) is 4.79 Å². The van der Waals surface area contributed by atoms with E-state index >= 15 is 0 Å². The zero-order chi connectivity index (χ0) is 10.1. The molecule has 1 unspecified atom stereocenters. The van der Waals surface area contributed by atoms with E-state index in [0.29, 0.717) is 6.54 Å². The minimum absolute atomic E-state index is 0.225. The maximum absolute atomic E-state index is 10.8. The third kappa shape index (κ3) is 2.40. The Morgan fingerprint density at radius 3 is 2.77 bits per heavy atom. The molecular weight excluding hydrogens is 172 g/mol. The molecule has 1 rings (SSSR count). The van der Waals surface area contributed by atoms with E-state index in [2.05, 4.69) is 5.43 Å². The van der Waals surface area contributed by atoms with Crippen molar-refractivity contribution in [2.75, 3.05) is 20.2 Å². The molecule has 0 aromatic carbocycles. The number of hydrogen-bond acceptors (Lipinski definition) is 4. The van der Waals surface area contributed by atoms with Gasteiger partial charge in [-0.05, 0) is 20.9 Å². The van der Waals surface area contributed by atoms with Crippen LogP contribution in [-0.4, -0.2) is 47.9 Å². The number of rotatable bonds is 2. The minimum Gasteiger partial charge on any atom is -0.480 e. The molecule has 5 nitrogen and oxygen atoms in total. The normalized spacial score (nSPS) is 28.7. The molecule has 1 heterocycles. The predicted octanol–water partition coefficient (Wildman–Crippen LogP) is -0.315. The number of nitrogens with zero attached hydrogens (tertiary/aromatic N) is 1. The Kier molecular flexibility index (Phi) is 2.90. The highest BCUT2D eigenvalue weighted by Crippen LogP contribution is 2.18. The maximum atomic E-state index is 10.8. The van der Waals surface area contributed by atoms with Crippen molar-refractivity contribution in [1.82, 2.24) is 10.4 Å². The first-order valence-electron chi connectivity index (χ1n) is 4.27. The molecule has 0 bridgehead atoms. The fourth-order valence-corrected chi connectivity index (χ4v) is 1.40. The summed E-state index contributed by atoms with van der Waals surface area (Å²) in [5.74, 6) is -0.857. The van der Waals surface area contributed by atoms with Crippen molar-refractivity contribution in [2.24, 2.45) is 0 Å². The molecule has 2 N–H and O–H groups in total. The van der Waals surface area contributed by atoms with Gasteiger partial charge in [0.1, 0.15) is 6.04 Å². The number of ether oxygens (including phenoxy) is 1. The van der Waals surface area contributed by atoms with Crippen LogP contribution in [-0.2, 0) is 9.53 Å². The van der Waals surface area contributed by atoms with Gasteiger partial charge >= 0.3 is 5.97 Å². The van der Waals surface area contributed by atoms with E-state index in [-0.39, 0.29) is 12.2 Å². The lowest BCUT2D eigenvalue weighted by molar-refractivity contribution is -0.167. The summed E-state index contributed by atoms with van der Waals surface area (Å²) in [5.41, 5.74) is 2.58. The fourth-order valence-electron chi connectivity index (χ4n) is 1.40. The van der Waals surface area contributed by atoms with Crippen molar-refractivity contribution >= 4 is 5.97 Å². The SMILES string of the molecule is CNN1CC(C)(C)OCC1C(=O)O. The van der Waals surface area contributed by atoms with E-state index < -0.39 is 12.0 Å². The molecule has 0 radical (unpaired) electrons. The van der Waals surface area contributed by atoms with E-state index in [0.717, 1.165) is 0 Å². The van der Waals surface area contributed by atoms with Crippen LogP contribution in [0.15, 0.2) is 0 Å². The van der Waals surface area contributed by atoms with Gasteiger partial charge in [0.05, 0.1) is 12.2 Å². The van der Waals surface area contributed by atoms with Crippen LogP contribution in [0.1, 0.15) is 13.8 Å². The predicted molar refractivity (Wildman–Crippen MR) is 47.2 cm³/mol. The van der Waals surface area contributed by atoms with Crippen LogP contribution >= 0.6 is 0 Å². The molecule has 1 saturated heterocycles. The van der Waals surface area contributed by atoms with Crippen LogP contribution < -0.4 is 5.43 Å². The zero-order valence-corrected chi connectivity index (χ0v) is 8.20. The number of aliphatic carboxylic acids is 1. The second-order valence-electron chi connectivity index (χ2n) is 3.78. The molecule has 0 aliphatic carbocycles. The van der Waals surface area contributed by atoms with Gasteiger partial charge in [-0.3, -0.25) is 10.2 Å². The van der Waals surface area contributed by atoms with E-state index in [1.807, 2.05) is 13.8 Å². The number of carboxylic acids is 1. The number of morpholine rings is 1. The van der Waals surface area contributed by atoms with Crippen molar-refractivity contribution in [1.29, 1.82) is 0 Å². The van der Waals surface area contributed by atoms with Gasteiger partial charge in [0.2, 0.25) is 0 Å². The van der Waals surface area contributed by atoms with Crippen molar-refractivity contribution < 1.29 is 14.6 Å². The van der Waals surface area contributed by atoms with Gasteiger partial charge < -0.3 is 9.84 Å². The number of nitrogens with one attached hydrogen (secondary N) is 1. The monoisotopic (exact) mass is 188 g/mol. The molecule has 0 spiro atoms. The summed E-state index contributed by atoms with van der Waals surface area (Å²) >= 11 is 0. The number of carbonyl (C=O) groups is 1. The summed E-state index contributed by atoms with van der Waals surface area (Å²) in [6.45, 7) is 4.68.